The largest absolute Gasteiger partial charge is 0.507 e. The van der Waals surface area contributed by atoms with E-state index in [0.717, 1.165) is 5.56 Å². The molecule has 0 aromatic heterocycles. The first-order chi connectivity index (χ1) is 7.58. The van der Waals surface area contributed by atoms with Crippen LogP contribution >= 0.6 is 24.0 Å². The molecule has 0 atom stereocenters. The lowest BCUT2D eigenvalue weighted by molar-refractivity contribution is -0.115. The molecular formula is C11H9NO2S2. The number of para-hydroxylation sites is 1. The van der Waals surface area contributed by atoms with Gasteiger partial charge in [-0.1, -0.05) is 42.2 Å². The molecule has 2 rings (SSSR count). The highest BCUT2D eigenvalue weighted by Crippen LogP contribution is 2.30. The summed E-state index contributed by atoms with van der Waals surface area (Å²) >= 11 is 6.08. The predicted molar refractivity (Wildman–Crippen MR) is 69.2 cm³/mol. The highest BCUT2D eigenvalue weighted by molar-refractivity contribution is 8.26. The molecule has 16 heavy (non-hydrogen) atoms. The minimum atomic E-state index is -0.212. The van der Waals surface area contributed by atoms with E-state index in [-0.39, 0.29) is 11.7 Å². The third kappa shape index (κ3) is 2.10. The van der Waals surface area contributed by atoms with Gasteiger partial charge in [-0.05, 0) is 18.6 Å². The van der Waals surface area contributed by atoms with E-state index in [9.17, 15) is 9.90 Å². The number of carbonyl (C=O) groups is 1. The predicted octanol–water partition coefficient (Wildman–Crippen LogP) is 2.19. The van der Waals surface area contributed by atoms with Crippen LogP contribution in [0.15, 0.2) is 23.1 Å². The van der Waals surface area contributed by atoms with Crippen LogP contribution in [0, 0.1) is 6.92 Å². The Labute approximate surface area is 103 Å². The van der Waals surface area contributed by atoms with Gasteiger partial charge in [-0.2, -0.15) is 0 Å². The van der Waals surface area contributed by atoms with E-state index < -0.39 is 0 Å². The first-order valence-electron chi connectivity index (χ1n) is 4.61. The molecule has 0 saturated carbocycles. The highest BCUT2D eigenvalue weighted by atomic mass is 32.2. The second-order valence-electron chi connectivity index (χ2n) is 3.36. The van der Waals surface area contributed by atoms with E-state index in [2.05, 4.69) is 5.32 Å². The van der Waals surface area contributed by atoms with Crippen molar-refractivity contribution in [1.29, 1.82) is 0 Å². The standard InChI is InChI=1S/C11H9NO2S2/c1-6-3-2-4-7(9(6)13)5-8-10(14)12-11(15)16-8/h2-5,13H,1H3,(H,12,14,15)/b8-5+. The average Bonchev–Trinajstić information content (AvgIpc) is 2.53. The van der Waals surface area contributed by atoms with Crippen molar-refractivity contribution in [3.63, 3.8) is 0 Å². The van der Waals surface area contributed by atoms with Crippen LogP contribution in [0.25, 0.3) is 6.08 Å². The summed E-state index contributed by atoms with van der Waals surface area (Å²) in [7, 11) is 0. The quantitative estimate of drug-likeness (QED) is 0.593. The minimum Gasteiger partial charge on any atom is -0.507 e. The van der Waals surface area contributed by atoms with E-state index in [0.29, 0.717) is 14.8 Å². The van der Waals surface area contributed by atoms with Crippen molar-refractivity contribution in [2.75, 3.05) is 0 Å². The molecule has 0 aliphatic carbocycles. The Hall–Kier alpha value is -1.33. The smallest absolute Gasteiger partial charge is 0.263 e. The molecule has 1 amide bonds. The van der Waals surface area contributed by atoms with Gasteiger partial charge in [0.25, 0.3) is 5.91 Å². The Morgan fingerprint density at radius 3 is 2.88 bits per heavy atom. The molecule has 0 radical (unpaired) electrons. The van der Waals surface area contributed by atoms with Crippen molar-refractivity contribution in [1.82, 2.24) is 5.32 Å². The van der Waals surface area contributed by atoms with Gasteiger partial charge in [0.05, 0.1) is 4.91 Å². The van der Waals surface area contributed by atoms with Gasteiger partial charge < -0.3 is 10.4 Å². The molecule has 3 nitrogen and oxygen atoms in total. The molecule has 1 saturated heterocycles. The van der Waals surface area contributed by atoms with Gasteiger partial charge in [0.15, 0.2) is 0 Å². The molecule has 0 spiro atoms. The highest BCUT2D eigenvalue weighted by Gasteiger charge is 2.22. The van der Waals surface area contributed by atoms with Crippen molar-refractivity contribution in [3.05, 3.63) is 34.2 Å². The van der Waals surface area contributed by atoms with Crippen LogP contribution < -0.4 is 5.32 Å². The first kappa shape index (κ1) is 11.2. The van der Waals surface area contributed by atoms with E-state index in [1.807, 2.05) is 19.1 Å². The van der Waals surface area contributed by atoms with Crippen LogP contribution in [0.1, 0.15) is 11.1 Å². The molecule has 1 heterocycles. The molecule has 2 N–H and O–H groups in total. The average molecular weight is 251 g/mol. The maximum atomic E-state index is 11.4. The van der Waals surface area contributed by atoms with Crippen molar-refractivity contribution < 1.29 is 9.90 Å². The lowest BCUT2D eigenvalue weighted by atomic mass is 10.1. The van der Waals surface area contributed by atoms with Crippen LogP contribution in [-0.4, -0.2) is 15.3 Å². The van der Waals surface area contributed by atoms with E-state index >= 15 is 0 Å². The number of hydrogen-bond acceptors (Lipinski definition) is 4. The summed E-state index contributed by atoms with van der Waals surface area (Å²) in [4.78, 5) is 11.9. The Balaban J connectivity index is 2.40. The zero-order valence-corrected chi connectivity index (χ0v) is 10.1. The summed E-state index contributed by atoms with van der Waals surface area (Å²) < 4.78 is 0.448. The number of aromatic hydroxyl groups is 1. The summed E-state index contributed by atoms with van der Waals surface area (Å²) in [5.41, 5.74) is 1.41. The third-order valence-corrected chi connectivity index (χ3v) is 3.36. The fourth-order valence-electron chi connectivity index (χ4n) is 1.36. The van der Waals surface area contributed by atoms with Crippen LogP contribution in [0.4, 0.5) is 0 Å². The van der Waals surface area contributed by atoms with Crippen LogP contribution in [0.2, 0.25) is 0 Å². The minimum absolute atomic E-state index is 0.196. The molecule has 0 bridgehead atoms. The second-order valence-corrected chi connectivity index (χ2v) is 5.08. The third-order valence-electron chi connectivity index (χ3n) is 2.20. The number of benzene rings is 1. The zero-order valence-electron chi connectivity index (χ0n) is 8.48. The first-order valence-corrected chi connectivity index (χ1v) is 5.84. The number of amides is 1. The molecule has 0 unspecified atom stereocenters. The van der Waals surface area contributed by atoms with Crippen molar-refractivity contribution in [2.24, 2.45) is 0 Å². The molecule has 5 heteroatoms. The SMILES string of the molecule is Cc1cccc(/C=C2/SC(=S)NC2=O)c1O. The fourth-order valence-corrected chi connectivity index (χ4v) is 2.40. The number of phenols is 1. The fraction of sp³-hybridized carbons (Fsp3) is 0.0909. The Kier molecular flexibility index (Phi) is 2.98. The molecule has 82 valence electrons. The number of hydrogen-bond donors (Lipinski definition) is 2. The Morgan fingerprint density at radius 1 is 1.50 bits per heavy atom. The van der Waals surface area contributed by atoms with Gasteiger partial charge in [-0.15, -0.1) is 0 Å². The molecule has 1 aromatic rings. The topological polar surface area (TPSA) is 49.3 Å². The normalized spacial score (nSPS) is 17.9. The van der Waals surface area contributed by atoms with Crippen molar-refractivity contribution in [3.8, 4) is 5.75 Å². The van der Waals surface area contributed by atoms with E-state index in [4.69, 9.17) is 12.2 Å². The van der Waals surface area contributed by atoms with Crippen molar-refractivity contribution in [2.45, 2.75) is 6.92 Å². The van der Waals surface area contributed by atoms with Gasteiger partial charge >= 0.3 is 0 Å². The lowest BCUT2D eigenvalue weighted by Gasteiger charge is -2.02. The molecule has 1 aliphatic rings. The van der Waals surface area contributed by atoms with Gasteiger partial charge in [0, 0.05) is 5.56 Å². The van der Waals surface area contributed by atoms with Crippen molar-refractivity contribution >= 4 is 40.3 Å². The summed E-state index contributed by atoms with van der Waals surface area (Å²) in [6, 6.07) is 5.39. The number of thioether (sulfide) groups is 1. The van der Waals surface area contributed by atoms with Crippen LogP contribution in [0.3, 0.4) is 0 Å². The molecule has 1 aliphatic heterocycles. The number of nitrogens with one attached hydrogen (secondary N) is 1. The summed E-state index contributed by atoms with van der Waals surface area (Å²) in [5.74, 6) is -0.0166. The lowest BCUT2D eigenvalue weighted by Crippen LogP contribution is -2.17. The monoisotopic (exact) mass is 251 g/mol. The number of phenolic OH excluding ortho intramolecular Hbond substituents is 1. The summed E-state index contributed by atoms with van der Waals surface area (Å²) in [6.45, 7) is 1.81. The number of thiocarbonyl (C=S) groups is 1. The number of carbonyl (C=O) groups excluding carboxylic acids is 1. The van der Waals surface area contributed by atoms with Crippen LogP contribution in [0.5, 0.6) is 5.75 Å². The zero-order chi connectivity index (χ0) is 11.7. The molecular weight excluding hydrogens is 242 g/mol. The second kappa shape index (κ2) is 4.27. The maximum absolute atomic E-state index is 11.4. The van der Waals surface area contributed by atoms with E-state index in [1.54, 1.807) is 12.1 Å². The Morgan fingerprint density at radius 2 is 2.25 bits per heavy atom. The van der Waals surface area contributed by atoms with Gasteiger partial charge in [0.2, 0.25) is 0 Å². The van der Waals surface area contributed by atoms with Gasteiger partial charge in [-0.3, -0.25) is 4.79 Å². The molecule has 1 fully saturated rings. The molecule has 1 aromatic carbocycles. The summed E-state index contributed by atoms with van der Waals surface area (Å²) in [5, 5.41) is 12.3. The maximum Gasteiger partial charge on any atom is 0.263 e. The number of aryl methyl sites for hydroxylation is 1. The number of rotatable bonds is 1. The Bertz CT molecular complexity index is 509. The van der Waals surface area contributed by atoms with Gasteiger partial charge in [-0.25, -0.2) is 0 Å². The summed E-state index contributed by atoms with van der Waals surface area (Å²) in [6.07, 6.45) is 1.64. The van der Waals surface area contributed by atoms with E-state index in [1.165, 1.54) is 11.8 Å². The van der Waals surface area contributed by atoms with Gasteiger partial charge in [0.1, 0.15) is 10.1 Å². The van der Waals surface area contributed by atoms with Crippen LogP contribution in [-0.2, 0) is 4.79 Å².